The van der Waals surface area contributed by atoms with Crippen LogP contribution in [0, 0.1) is 0 Å². The lowest BCUT2D eigenvalue weighted by Gasteiger charge is -2.21. The van der Waals surface area contributed by atoms with Crippen molar-refractivity contribution in [3.63, 3.8) is 0 Å². The fourth-order valence-electron chi connectivity index (χ4n) is 3.04. The highest BCUT2D eigenvalue weighted by atomic mass is 35.5. The fourth-order valence-corrected chi connectivity index (χ4v) is 3.17. The summed E-state index contributed by atoms with van der Waals surface area (Å²) in [6, 6.07) is 11.9. The van der Waals surface area contributed by atoms with E-state index >= 15 is 0 Å². The summed E-state index contributed by atoms with van der Waals surface area (Å²) in [6.45, 7) is 2.65. The number of imide groups is 1. The second kappa shape index (κ2) is 8.45. The summed E-state index contributed by atoms with van der Waals surface area (Å²) in [5.41, 5.74) is 1.33. The van der Waals surface area contributed by atoms with E-state index in [1.54, 1.807) is 43.3 Å². The number of esters is 1. The van der Waals surface area contributed by atoms with Crippen LogP contribution in [0.1, 0.15) is 46.2 Å². The second-order valence-corrected chi connectivity index (χ2v) is 7.09. The average Bonchev–Trinajstić information content (AvgIpc) is 2.96. The van der Waals surface area contributed by atoms with Gasteiger partial charge in [-0.2, -0.15) is 0 Å². The molecule has 3 amide bonds. The van der Waals surface area contributed by atoms with Crippen molar-refractivity contribution in [2.45, 2.75) is 25.9 Å². The summed E-state index contributed by atoms with van der Waals surface area (Å²) in [5, 5.41) is 3.29. The van der Waals surface area contributed by atoms with E-state index in [1.165, 1.54) is 19.1 Å². The SMILES string of the molecule is C[C@H](C(=O)OCC(=O)N[C@H](C)c1ccc(Cl)cc1)N1C(=O)c2ccccc2C1=O. The number of nitrogens with one attached hydrogen (secondary N) is 1. The molecule has 0 fully saturated rings. The number of nitrogens with zero attached hydrogens (tertiary/aromatic N) is 1. The Balaban J connectivity index is 1.55. The number of rotatable bonds is 6. The Hall–Kier alpha value is -3.19. The van der Waals surface area contributed by atoms with Crippen LogP contribution >= 0.6 is 11.6 Å². The Kier molecular flexibility index (Phi) is 5.98. The van der Waals surface area contributed by atoms with Crippen LogP contribution in [-0.4, -0.2) is 41.2 Å². The van der Waals surface area contributed by atoms with Gasteiger partial charge in [0.25, 0.3) is 17.7 Å². The van der Waals surface area contributed by atoms with Gasteiger partial charge in [0.1, 0.15) is 6.04 Å². The van der Waals surface area contributed by atoms with E-state index in [1.807, 2.05) is 0 Å². The van der Waals surface area contributed by atoms with E-state index in [0.717, 1.165) is 10.5 Å². The van der Waals surface area contributed by atoms with Crippen molar-refractivity contribution < 1.29 is 23.9 Å². The minimum absolute atomic E-state index is 0.242. The number of carbonyl (C=O) groups excluding carboxylic acids is 4. The van der Waals surface area contributed by atoms with E-state index in [2.05, 4.69) is 5.32 Å². The first-order chi connectivity index (χ1) is 13.8. The quantitative estimate of drug-likeness (QED) is 0.579. The third-order valence-electron chi connectivity index (χ3n) is 4.65. The molecule has 3 rings (SSSR count). The highest BCUT2D eigenvalue weighted by molar-refractivity contribution is 6.30. The third kappa shape index (κ3) is 4.30. The number of halogens is 1. The molecule has 2 atom stereocenters. The van der Waals surface area contributed by atoms with Gasteiger partial charge in [-0.3, -0.25) is 19.3 Å². The molecule has 29 heavy (non-hydrogen) atoms. The summed E-state index contributed by atoms with van der Waals surface area (Å²) in [6.07, 6.45) is 0. The van der Waals surface area contributed by atoms with Crippen LogP contribution in [0.5, 0.6) is 0 Å². The second-order valence-electron chi connectivity index (χ2n) is 6.65. The molecule has 1 aliphatic rings. The van der Waals surface area contributed by atoms with Gasteiger partial charge in [-0.05, 0) is 43.7 Å². The first-order valence-electron chi connectivity index (χ1n) is 8.98. The van der Waals surface area contributed by atoms with Gasteiger partial charge >= 0.3 is 5.97 Å². The molecule has 8 heteroatoms. The lowest BCUT2D eigenvalue weighted by atomic mass is 10.1. The lowest BCUT2D eigenvalue weighted by molar-refractivity contribution is -0.152. The number of amides is 3. The molecule has 0 saturated heterocycles. The molecule has 0 spiro atoms. The molecule has 0 radical (unpaired) electrons. The fraction of sp³-hybridized carbons (Fsp3) is 0.238. The standard InChI is InChI=1S/C21H19ClN2O5/c1-12(14-7-9-15(22)10-8-14)23-18(25)11-29-21(28)13(2)24-19(26)16-5-3-4-6-17(16)20(24)27/h3-10,12-13H,11H2,1-2H3,(H,23,25)/t12-,13-/m1/s1. The van der Waals surface area contributed by atoms with E-state index < -0.39 is 36.3 Å². The molecule has 1 heterocycles. The van der Waals surface area contributed by atoms with E-state index in [-0.39, 0.29) is 17.2 Å². The zero-order chi connectivity index (χ0) is 21.1. The minimum Gasteiger partial charge on any atom is -0.454 e. The zero-order valence-corrected chi connectivity index (χ0v) is 16.6. The van der Waals surface area contributed by atoms with Crippen molar-refractivity contribution in [2.75, 3.05) is 6.61 Å². The zero-order valence-electron chi connectivity index (χ0n) is 15.8. The topological polar surface area (TPSA) is 92.8 Å². The maximum Gasteiger partial charge on any atom is 0.329 e. The van der Waals surface area contributed by atoms with Gasteiger partial charge in [-0.1, -0.05) is 35.9 Å². The van der Waals surface area contributed by atoms with E-state index in [4.69, 9.17) is 16.3 Å². The highest BCUT2D eigenvalue weighted by Crippen LogP contribution is 2.24. The molecule has 150 valence electrons. The maximum absolute atomic E-state index is 12.4. The number of benzene rings is 2. The predicted octanol–water partition coefficient (Wildman–Crippen LogP) is 2.75. The average molecular weight is 415 g/mol. The summed E-state index contributed by atoms with van der Waals surface area (Å²) in [7, 11) is 0. The van der Waals surface area contributed by atoms with Crippen LogP contribution in [0.4, 0.5) is 0 Å². The third-order valence-corrected chi connectivity index (χ3v) is 4.90. The molecule has 0 unspecified atom stereocenters. The Morgan fingerprint density at radius 2 is 1.55 bits per heavy atom. The van der Waals surface area contributed by atoms with Gasteiger partial charge in [-0.25, -0.2) is 4.79 Å². The van der Waals surface area contributed by atoms with Crippen LogP contribution in [-0.2, 0) is 14.3 Å². The van der Waals surface area contributed by atoms with Gasteiger partial charge < -0.3 is 10.1 Å². The molecule has 1 aliphatic heterocycles. The number of hydrogen-bond donors (Lipinski definition) is 1. The molecule has 2 aromatic carbocycles. The number of carbonyl (C=O) groups is 4. The molecule has 7 nitrogen and oxygen atoms in total. The molecule has 0 bridgehead atoms. The number of fused-ring (bicyclic) bond motifs is 1. The Morgan fingerprint density at radius 3 is 2.10 bits per heavy atom. The van der Waals surface area contributed by atoms with E-state index in [9.17, 15) is 19.2 Å². The van der Waals surface area contributed by atoms with Gasteiger partial charge in [0.15, 0.2) is 6.61 Å². The first kappa shape index (κ1) is 20.5. The van der Waals surface area contributed by atoms with Crippen molar-refractivity contribution >= 4 is 35.3 Å². The molecule has 0 aliphatic carbocycles. The van der Waals surface area contributed by atoms with Crippen LogP contribution in [0.3, 0.4) is 0 Å². The molecule has 0 aromatic heterocycles. The Morgan fingerprint density at radius 1 is 1.00 bits per heavy atom. The number of hydrogen-bond acceptors (Lipinski definition) is 5. The summed E-state index contributed by atoms with van der Waals surface area (Å²) >= 11 is 5.84. The van der Waals surface area contributed by atoms with Crippen molar-refractivity contribution in [2.24, 2.45) is 0 Å². The van der Waals surface area contributed by atoms with Crippen LogP contribution in [0.25, 0.3) is 0 Å². The van der Waals surface area contributed by atoms with Crippen molar-refractivity contribution in [1.82, 2.24) is 10.2 Å². The summed E-state index contributed by atoms with van der Waals surface area (Å²) < 4.78 is 5.01. The smallest absolute Gasteiger partial charge is 0.329 e. The number of ether oxygens (including phenoxy) is 1. The molecular weight excluding hydrogens is 396 g/mol. The largest absolute Gasteiger partial charge is 0.454 e. The molecule has 0 saturated carbocycles. The summed E-state index contributed by atoms with van der Waals surface area (Å²) in [5.74, 6) is -2.46. The minimum atomic E-state index is -1.15. The van der Waals surface area contributed by atoms with Gasteiger partial charge in [0.05, 0.1) is 17.2 Å². The highest BCUT2D eigenvalue weighted by Gasteiger charge is 2.41. The van der Waals surface area contributed by atoms with Gasteiger partial charge in [0, 0.05) is 5.02 Å². The van der Waals surface area contributed by atoms with Gasteiger partial charge in [0.2, 0.25) is 0 Å². The van der Waals surface area contributed by atoms with Crippen LogP contribution < -0.4 is 5.32 Å². The monoisotopic (exact) mass is 414 g/mol. The van der Waals surface area contributed by atoms with Crippen molar-refractivity contribution in [3.8, 4) is 0 Å². The van der Waals surface area contributed by atoms with Crippen molar-refractivity contribution in [3.05, 3.63) is 70.2 Å². The lowest BCUT2D eigenvalue weighted by Crippen LogP contribution is -2.44. The van der Waals surface area contributed by atoms with Crippen LogP contribution in [0.15, 0.2) is 48.5 Å². The summed E-state index contributed by atoms with van der Waals surface area (Å²) in [4.78, 5) is 50.1. The molecule has 1 N–H and O–H groups in total. The molecular formula is C21H19ClN2O5. The predicted molar refractivity (Wildman–Crippen MR) is 105 cm³/mol. The Bertz CT molecular complexity index is 938. The maximum atomic E-state index is 12.4. The van der Waals surface area contributed by atoms with Crippen LogP contribution in [0.2, 0.25) is 5.02 Å². The van der Waals surface area contributed by atoms with E-state index in [0.29, 0.717) is 5.02 Å². The first-order valence-corrected chi connectivity index (χ1v) is 9.35. The Labute approximate surface area is 172 Å². The van der Waals surface area contributed by atoms with Crippen molar-refractivity contribution in [1.29, 1.82) is 0 Å². The normalized spacial score (nSPS) is 14.9. The molecule has 2 aromatic rings. The van der Waals surface area contributed by atoms with Gasteiger partial charge in [-0.15, -0.1) is 0 Å².